The van der Waals surface area contributed by atoms with Gasteiger partial charge in [-0.15, -0.1) is 0 Å². The van der Waals surface area contributed by atoms with Gasteiger partial charge in [-0.25, -0.2) is 0 Å². The fourth-order valence-electron chi connectivity index (χ4n) is 8.58. The van der Waals surface area contributed by atoms with E-state index in [0.717, 1.165) is 24.0 Å². The number of hydrogen-bond donors (Lipinski definition) is 0. The van der Waals surface area contributed by atoms with Crippen LogP contribution in [0.25, 0.3) is 44.5 Å². The topological polar surface area (TPSA) is 47.6 Å². The zero-order chi connectivity index (χ0) is 38.9. The van der Waals surface area contributed by atoms with Crippen LogP contribution in [0.1, 0.15) is 101 Å². The van der Waals surface area contributed by atoms with Gasteiger partial charge in [-0.1, -0.05) is 117 Å². The van der Waals surface area contributed by atoms with Gasteiger partial charge in [-0.2, -0.15) is 10.5 Å². The normalized spacial score (nSPS) is 11.0. The van der Waals surface area contributed by atoms with Crippen LogP contribution in [0.15, 0.2) is 109 Å². The second kappa shape index (κ2) is 18.1. The molecule has 0 unspecified atom stereocenters. The average Bonchev–Trinajstić information content (AvgIpc) is 3.17. The van der Waals surface area contributed by atoms with Crippen molar-refractivity contribution < 1.29 is 0 Å². The first-order chi connectivity index (χ1) is 26.6. The number of hydrogen-bond acceptors (Lipinski definition) is 2. The summed E-state index contributed by atoms with van der Waals surface area (Å²) in [5.74, 6) is 0. The minimum Gasteiger partial charge on any atom is -0.192 e. The van der Waals surface area contributed by atoms with Crippen molar-refractivity contribution in [1.29, 1.82) is 10.5 Å². The average molecular weight is 719 g/mol. The summed E-state index contributed by atoms with van der Waals surface area (Å²) in [4.78, 5) is 0. The van der Waals surface area contributed by atoms with Crippen LogP contribution >= 0.6 is 0 Å². The van der Waals surface area contributed by atoms with Gasteiger partial charge in [0, 0.05) is 0 Å². The minimum absolute atomic E-state index is 0.691. The molecule has 6 rings (SSSR count). The third-order valence-corrected chi connectivity index (χ3v) is 11.3. The van der Waals surface area contributed by atoms with Gasteiger partial charge in [0.15, 0.2) is 0 Å². The highest BCUT2D eigenvalue weighted by Crippen LogP contribution is 2.35. The molecule has 0 bridgehead atoms. The number of aryl methyl sites for hydroxylation is 8. The van der Waals surface area contributed by atoms with Crippen molar-refractivity contribution in [1.82, 2.24) is 0 Å². The molecule has 0 radical (unpaired) electrons. The lowest BCUT2D eigenvalue weighted by atomic mass is 9.89. The molecule has 0 heterocycles. The maximum Gasteiger partial charge on any atom is 0.0991 e. The first-order valence-corrected chi connectivity index (χ1v) is 20.1. The van der Waals surface area contributed by atoms with Crippen LogP contribution in [0.2, 0.25) is 0 Å². The fraction of sp³-hybridized carbons (Fsp3) is 0.283. The smallest absolute Gasteiger partial charge is 0.0991 e. The van der Waals surface area contributed by atoms with Crippen molar-refractivity contribution in [2.45, 2.75) is 99.3 Å². The molecule has 0 fully saturated rings. The van der Waals surface area contributed by atoms with Gasteiger partial charge >= 0.3 is 0 Å². The Balaban J connectivity index is 0.929. The van der Waals surface area contributed by atoms with Gasteiger partial charge in [-0.05, 0) is 181 Å². The van der Waals surface area contributed by atoms with E-state index in [4.69, 9.17) is 10.5 Å². The number of nitrogens with zero attached hydrogens (tertiary/aromatic N) is 2. The molecular formula is C53H54N2. The molecule has 2 nitrogen and oxygen atoms in total. The number of benzene rings is 6. The first kappa shape index (κ1) is 39.0. The molecule has 0 saturated heterocycles. The molecule has 0 aromatic heterocycles. The number of unbranched alkanes of at least 4 members (excludes halogenated alkanes) is 6. The van der Waals surface area contributed by atoms with E-state index >= 15 is 0 Å². The lowest BCUT2D eigenvalue weighted by Gasteiger charge is -2.15. The van der Waals surface area contributed by atoms with Crippen molar-refractivity contribution >= 4 is 0 Å². The molecule has 276 valence electrons. The van der Waals surface area contributed by atoms with Gasteiger partial charge in [0.2, 0.25) is 0 Å². The Morgan fingerprint density at radius 3 is 0.964 bits per heavy atom. The Kier molecular flexibility index (Phi) is 12.8. The maximum absolute atomic E-state index is 9.15. The molecular weight excluding hydrogens is 665 g/mol. The second-order valence-electron chi connectivity index (χ2n) is 15.6. The van der Waals surface area contributed by atoms with Crippen molar-refractivity contribution in [3.05, 3.63) is 165 Å². The monoisotopic (exact) mass is 718 g/mol. The summed E-state index contributed by atoms with van der Waals surface area (Å²) in [5, 5.41) is 18.3. The number of nitriles is 2. The summed E-state index contributed by atoms with van der Waals surface area (Å²) in [6, 6.07) is 43.3. The molecule has 0 aliphatic rings. The standard InChI is InChI=1S/C53H54N2/c1-36-32-48(24-26-50(36)46-20-16-42(34-54)17-21-46)52-38(3)28-44(29-39(52)4)14-12-10-8-7-9-11-13-15-45-30-40(5)53(41(6)31-45)49-25-27-51(37(2)33-49)47-22-18-43(35-55)19-23-47/h16-33H,7-15H2,1-6H3. The van der Waals surface area contributed by atoms with E-state index < -0.39 is 0 Å². The van der Waals surface area contributed by atoms with Crippen molar-refractivity contribution in [3.63, 3.8) is 0 Å². The van der Waals surface area contributed by atoms with E-state index in [1.165, 1.54) is 123 Å². The molecule has 6 aromatic rings. The summed E-state index contributed by atoms with van der Waals surface area (Å²) >= 11 is 0. The zero-order valence-corrected chi connectivity index (χ0v) is 33.7. The summed E-state index contributed by atoms with van der Waals surface area (Å²) in [7, 11) is 0. The van der Waals surface area contributed by atoms with Gasteiger partial charge in [0.1, 0.15) is 0 Å². The molecule has 0 saturated carbocycles. The number of rotatable bonds is 14. The largest absolute Gasteiger partial charge is 0.192 e. The van der Waals surface area contributed by atoms with Crippen LogP contribution in [-0.2, 0) is 12.8 Å². The lowest BCUT2D eigenvalue weighted by molar-refractivity contribution is 0.579. The van der Waals surface area contributed by atoms with Gasteiger partial charge in [0.25, 0.3) is 0 Å². The Bertz CT molecular complexity index is 2150. The van der Waals surface area contributed by atoms with E-state index in [1.54, 1.807) is 0 Å². The van der Waals surface area contributed by atoms with Crippen LogP contribution in [0.4, 0.5) is 0 Å². The van der Waals surface area contributed by atoms with Gasteiger partial charge < -0.3 is 0 Å². The third-order valence-electron chi connectivity index (χ3n) is 11.3. The molecule has 0 atom stereocenters. The summed E-state index contributed by atoms with van der Waals surface area (Å²) < 4.78 is 0. The third kappa shape index (κ3) is 9.52. The van der Waals surface area contributed by atoms with Crippen molar-refractivity contribution in [2.24, 2.45) is 0 Å². The Labute approximate surface area is 330 Å². The van der Waals surface area contributed by atoms with Crippen LogP contribution in [0.3, 0.4) is 0 Å². The fourth-order valence-corrected chi connectivity index (χ4v) is 8.58. The summed E-state index contributed by atoms with van der Waals surface area (Å²) in [6.45, 7) is 13.4. The minimum atomic E-state index is 0.691. The Morgan fingerprint density at radius 2 is 0.655 bits per heavy atom. The molecule has 6 aromatic carbocycles. The van der Waals surface area contributed by atoms with E-state index in [0.29, 0.717) is 11.1 Å². The highest BCUT2D eigenvalue weighted by Gasteiger charge is 2.13. The molecule has 55 heavy (non-hydrogen) atoms. The Morgan fingerprint density at radius 1 is 0.345 bits per heavy atom. The molecule has 0 spiro atoms. The van der Waals surface area contributed by atoms with Crippen LogP contribution in [0.5, 0.6) is 0 Å². The van der Waals surface area contributed by atoms with Crippen molar-refractivity contribution in [3.8, 4) is 56.6 Å². The predicted octanol–water partition coefficient (Wildman–Crippen LogP) is 14.5. The quantitative estimate of drug-likeness (QED) is 0.105. The summed E-state index contributed by atoms with van der Waals surface area (Å²) in [5.41, 5.74) is 22.2. The van der Waals surface area contributed by atoms with Gasteiger partial charge in [0.05, 0.1) is 23.3 Å². The highest BCUT2D eigenvalue weighted by molar-refractivity contribution is 5.78. The van der Waals surface area contributed by atoms with E-state index in [9.17, 15) is 0 Å². The lowest BCUT2D eigenvalue weighted by Crippen LogP contribution is -1.95. The van der Waals surface area contributed by atoms with E-state index in [1.807, 2.05) is 48.5 Å². The second-order valence-corrected chi connectivity index (χ2v) is 15.6. The van der Waals surface area contributed by atoms with Crippen LogP contribution in [0, 0.1) is 64.2 Å². The molecule has 2 heteroatoms. The molecule has 0 N–H and O–H groups in total. The van der Waals surface area contributed by atoms with E-state index in [-0.39, 0.29) is 0 Å². The predicted molar refractivity (Wildman–Crippen MR) is 232 cm³/mol. The molecule has 0 aliphatic carbocycles. The van der Waals surface area contributed by atoms with E-state index in [2.05, 4.69) is 114 Å². The van der Waals surface area contributed by atoms with Crippen molar-refractivity contribution in [2.75, 3.05) is 0 Å². The zero-order valence-electron chi connectivity index (χ0n) is 33.7. The highest BCUT2D eigenvalue weighted by atomic mass is 14.2. The SMILES string of the molecule is Cc1cc(-c2c(C)cc(CCCCCCCCCc3cc(C)c(-c4ccc(-c5ccc(C#N)cc5)c(C)c4)c(C)c3)cc2C)ccc1-c1ccc(C#N)cc1. The molecule has 0 aliphatic heterocycles. The first-order valence-electron chi connectivity index (χ1n) is 20.1. The molecule has 0 amide bonds. The van der Waals surface area contributed by atoms with Crippen LogP contribution in [-0.4, -0.2) is 0 Å². The van der Waals surface area contributed by atoms with Gasteiger partial charge in [-0.3, -0.25) is 0 Å². The maximum atomic E-state index is 9.15. The van der Waals surface area contributed by atoms with Crippen LogP contribution < -0.4 is 0 Å². The summed E-state index contributed by atoms with van der Waals surface area (Å²) in [6.07, 6.45) is 11.3. The Hall–Kier alpha value is -5.70.